The molecule has 0 spiro atoms. The van der Waals surface area contributed by atoms with Crippen LogP contribution in [0.15, 0.2) is 0 Å². The van der Waals surface area contributed by atoms with Gasteiger partial charge in [-0.05, 0) is 0 Å². The van der Waals surface area contributed by atoms with Crippen molar-refractivity contribution < 1.29 is 36.6 Å². The molecule has 0 amide bonds. The van der Waals surface area contributed by atoms with E-state index in [1.165, 1.54) is 0 Å². The van der Waals surface area contributed by atoms with Crippen LogP contribution in [0.1, 0.15) is 5.56 Å². The van der Waals surface area contributed by atoms with Crippen molar-refractivity contribution in [3.05, 3.63) is 34.6 Å². The first kappa shape index (κ1) is 13.4. The van der Waals surface area contributed by atoms with Crippen LogP contribution in [0.2, 0.25) is 0 Å². The highest BCUT2D eigenvalue weighted by Crippen LogP contribution is 2.23. The molecule has 0 heterocycles. The van der Waals surface area contributed by atoms with Gasteiger partial charge in [0.05, 0.1) is 12.2 Å². The first-order valence-electron chi connectivity index (χ1n) is 4.16. The van der Waals surface area contributed by atoms with Crippen molar-refractivity contribution in [1.29, 1.82) is 0 Å². The van der Waals surface area contributed by atoms with Crippen molar-refractivity contribution in [2.75, 3.05) is 6.61 Å². The zero-order chi connectivity index (χ0) is 13.2. The molecule has 0 aliphatic heterocycles. The molecule has 1 rings (SSSR count). The van der Waals surface area contributed by atoms with Crippen molar-refractivity contribution >= 4 is 5.97 Å². The van der Waals surface area contributed by atoms with E-state index in [1.807, 2.05) is 0 Å². The van der Waals surface area contributed by atoms with Crippen LogP contribution in [-0.2, 0) is 16.1 Å². The van der Waals surface area contributed by atoms with Gasteiger partial charge in [-0.25, -0.2) is 26.7 Å². The first-order chi connectivity index (χ1) is 7.86. The van der Waals surface area contributed by atoms with Gasteiger partial charge in [0.15, 0.2) is 23.3 Å². The molecule has 1 N–H and O–H groups in total. The van der Waals surface area contributed by atoms with Gasteiger partial charge in [0.1, 0.15) is 6.61 Å². The maximum Gasteiger partial charge on any atom is 0.329 e. The Morgan fingerprint density at radius 1 is 0.941 bits per heavy atom. The van der Waals surface area contributed by atoms with Gasteiger partial charge in [0, 0.05) is 0 Å². The van der Waals surface area contributed by atoms with Gasteiger partial charge in [-0.2, -0.15) is 0 Å². The molecule has 8 heteroatoms. The third-order valence-electron chi connectivity index (χ3n) is 1.77. The fourth-order valence-corrected chi connectivity index (χ4v) is 1.02. The fraction of sp³-hybridized carbons (Fsp3) is 0.222. The number of aliphatic carboxylic acids is 1. The van der Waals surface area contributed by atoms with E-state index in [4.69, 9.17) is 5.11 Å². The first-order valence-corrected chi connectivity index (χ1v) is 4.16. The molecule has 0 fully saturated rings. The highest BCUT2D eigenvalue weighted by molar-refractivity contribution is 5.67. The van der Waals surface area contributed by atoms with Gasteiger partial charge in [-0.15, -0.1) is 0 Å². The lowest BCUT2D eigenvalue weighted by atomic mass is 10.2. The Kier molecular flexibility index (Phi) is 4.00. The summed E-state index contributed by atoms with van der Waals surface area (Å²) in [5.74, 6) is -12.0. The van der Waals surface area contributed by atoms with E-state index >= 15 is 0 Å². The summed E-state index contributed by atoms with van der Waals surface area (Å²) in [6, 6.07) is 0. The number of carboxylic acid groups (broad SMARTS) is 1. The normalized spacial score (nSPS) is 10.6. The van der Waals surface area contributed by atoms with E-state index in [9.17, 15) is 26.7 Å². The summed E-state index contributed by atoms with van der Waals surface area (Å²) >= 11 is 0. The van der Waals surface area contributed by atoms with E-state index in [2.05, 4.69) is 4.74 Å². The molecule has 94 valence electrons. The van der Waals surface area contributed by atoms with Crippen molar-refractivity contribution in [2.24, 2.45) is 0 Å². The molecule has 0 saturated carbocycles. The van der Waals surface area contributed by atoms with E-state index in [0.717, 1.165) is 0 Å². The van der Waals surface area contributed by atoms with Crippen LogP contribution in [0.25, 0.3) is 0 Å². The molecule has 0 aliphatic carbocycles. The number of hydrogen-bond acceptors (Lipinski definition) is 2. The lowest BCUT2D eigenvalue weighted by Crippen LogP contribution is -2.12. The van der Waals surface area contributed by atoms with Crippen molar-refractivity contribution in [2.45, 2.75) is 6.61 Å². The van der Waals surface area contributed by atoms with Crippen LogP contribution in [-0.4, -0.2) is 17.7 Å². The molecule has 1 aromatic rings. The lowest BCUT2D eigenvalue weighted by molar-refractivity contribution is -0.142. The Hall–Kier alpha value is -1.70. The molecule has 0 atom stereocenters. The molecular formula is C9H5F5O3. The van der Waals surface area contributed by atoms with E-state index in [-0.39, 0.29) is 0 Å². The van der Waals surface area contributed by atoms with Crippen LogP contribution in [0.4, 0.5) is 22.0 Å². The summed E-state index contributed by atoms with van der Waals surface area (Å²) in [5.41, 5.74) is -1.21. The van der Waals surface area contributed by atoms with Crippen LogP contribution >= 0.6 is 0 Å². The standard InChI is InChI=1S/C9H5F5O3/c10-5-3(1-17-2-4(15)16)6(11)8(13)9(14)7(5)12/h1-2H2,(H,15,16). The Balaban J connectivity index is 3.03. The zero-order valence-corrected chi connectivity index (χ0v) is 8.07. The average molecular weight is 256 g/mol. The Bertz CT molecular complexity index is 431. The largest absolute Gasteiger partial charge is 0.480 e. The minimum absolute atomic E-state index is 0.917. The summed E-state index contributed by atoms with van der Waals surface area (Å²) in [4.78, 5) is 10.0. The van der Waals surface area contributed by atoms with Gasteiger partial charge in [-0.1, -0.05) is 0 Å². The Morgan fingerprint density at radius 3 is 1.76 bits per heavy atom. The van der Waals surface area contributed by atoms with Crippen molar-refractivity contribution in [3.8, 4) is 0 Å². The molecule has 0 bridgehead atoms. The minimum atomic E-state index is -2.28. The summed E-state index contributed by atoms with van der Waals surface area (Å²) in [6.45, 7) is -1.95. The molecule has 0 aromatic heterocycles. The lowest BCUT2D eigenvalue weighted by Gasteiger charge is -2.07. The third-order valence-corrected chi connectivity index (χ3v) is 1.77. The predicted molar refractivity (Wildman–Crippen MR) is 43.5 cm³/mol. The zero-order valence-electron chi connectivity index (χ0n) is 8.07. The van der Waals surface area contributed by atoms with Crippen molar-refractivity contribution in [3.63, 3.8) is 0 Å². The molecule has 17 heavy (non-hydrogen) atoms. The van der Waals surface area contributed by atoms with Gasteiger partial charge >= 0.3 is 5.97 Å². The van der Waals surface area contributed by atoms with E-state index < -0.39 is 53.8 Å². The third kappa shape index (κ3) is 2.70. The highest BCUT2D eigenvalue weighted by atomic mass is 19.2. The van der Waals surface area contributed by atoms with Gasteiger partial charge in [-0.3, -0.25) is 0 Å². The van der Waals surface area contributed by atoms with E-state index in [1.54, 1.807) is 0 Å². The number of benzene rings is 1. The SMILES string of the molecule is O=C(O)COCc1c(F)c(F)c(F)c(F)c1F. The molecule has 1 aromatic carbocycles. The maximum absolute atomic E-state index is 13.0. The Labute approximate surface area is 91.4 Å². The highest BCUT2D eigenvalue weighted by Gasteiger charge is 2.25. The van der Waals surface area contributed by atoms with Crippen LogP contribution in [0.3, 0.4) is 0 Å². The predicted octanol–water partition coefficient (Wildman–Crippen LogP) is 1.98. The maximum atomic E-state index is 13.0. The fourth-order valence-electron chi connectivity index (χ4n) is 1.02. The quantitative estimate of drug-likeness (QED) is 0.509. The van der Waals surface area contributed by atoms with Crippen LogP contribution in [0.5, 0.6) is 0 Å². The summed E-state index contributed by atoms with van der Waals surface area (Å²) in [7, 11) is 0. The number of hydrogen-bond donors (Lipinski definition) is 1. The molecule has 0 radical (unpaired) electrons. The molecular weight excluding hydrogens is 251 g/mol. The molecule has 0 aliphatic rings. The topological polar surface area (TPSA) is 46.5 Å². The van der Waals surface area contributed by atoms with Gasteiger partial charge in [0.2, 0.25) is 5.82 Å². The van der Waals surface area contributed by atoms with Gasteiger partial charge < -0.3 is 9.84 Å². The number of rotatable bonds is 4. The second-order valence-electron chi connectivity index (χ2n) is 2.94. The summed E-state index contributed by atoms with van der Waals surface area (Å²) in [5, 5.41) is 8.16. The smallest absolute Gasteiger partial charge is 0.329 e. The summed E-state index contributed by atoms with van der Waals surface area (Å²) in [6.07, 6.45) is 0. The number of halogens is 5. The van der Waals surface area contributed by atoms with Crippen molar-refractivity contribution in [1.82, 2.24) is 0 Å². The minimum Gasteiger partial charge on any atom is -0.480 e. The van der Waals surface area contributed by atoms with Crippen LogP contribution < -0.4 is 0 Å². The number of ether oxygens (including phenoxy) is 1. The average Bonchev–Trinajstić information content (AvgIpc) is 2.28. The molecule has 0 saturated heterocycles. The number of carboxylic acids is 1. The molecule has 0 unspecified atom stereocenters. The van der Waals surface area contributed by atoms with Crippen LogP contribution in [0, 0.1) is 29.1 Å². The van der Waals surface area contributed by atoms with E-state index in [0.29, 0.717) is 0 Å². The monoisotopic (exact) mass is 256 g/mol. The second kappa shape index (κ2) is 5.09. The number of carbonyl (C=O) groups is 1. The summed E-state index contributed by atoms with van der Waals surface area (Å²) < 4.78 is 68.1. The molecule has 3 nitrogen and oxygen atoms in total. The second-order valence-corrected chi connectivity index (χ2v) is 2.94. The Morgan fingerprint density at radius 2 is 1.35 bits per heavy atom. The van der Waals surface area contributed by atoms with Gasteiger partial charge in [0.25, 0.3) is 0 Å².